The second-order valence-corrected chi connectivity index (χ2v) is 7.84. The van der Waals surface area contributed by atoms with E-state index >= 15 is 0 Å². The SMILES string of the molecule is CC1(C)OB(c2cc(C(F)(F)F)ccc2C2CCCOC2)OC1(C)C. The molecular formula is C18H24BF3O3. The van der Waals surface area contributed by atoms with E-state index in [2.05, 4.69) is 0 Å². The van der Waals surface area contributed by atoms with Gasteiger partial charge in [0.2, 0.25) is 0 Å². The fraction of sp³-hybridized carbons (Fsp3) is 0.667. The average molecular weight is 356 g/mol. The summed E-state index contributed by atoms with van der Waals surface area (Å²) in [6.07, 6.45) is -2.62. The molecule has 0 aliphatic carbocycles. The molecule has 0 N–H and O–H groups in total. The third kappa shape index (κ3) is 3.59. The normalized spacial score (nSPS) is 26.0. The molecule has 2 aliphatic heterocycles. The zero-order valence-corrected chi connectivity index (χ0v) is 15.1. The van der Waals surface area contributed by atoms with Gasteiger partial charge in [-0.15, -0.1) is 0 Å². The van der Waals surface area contributed by atoms with Gasteiger partial charge in [0.15, 0.2) is 0 Å². The van der Waals surface area contributed by atoms with Crippen molar-refractivity contribution in [3.63, 3.8) is 0 Å². The van der Waals surface area contributed by atoms with Gasteiger partial charge in [-0.1, -0.05) is 6.07 Å². The lowest BCUT2D eigenvalue weighted by molar-refractivity contribution is -0.137. The van der Waals surface area contributed by atoms with Crippen LogP contribution in [0.5, 0.6) is 0 Å². The highest BCUT2D eigenvalue weighted by molar-refractivity contribution is 6.62. The van der Waals surface area contributed by atoms with Crippen LogP contribution in [-0.2, 0) is 20.2 Å². The summed E-state index contributed by atoms with van der Waals surface area (Å²) < 4.78 is 57.2. The summed E-state index contributed by atoms with van der Waals surface area (Å²) in [5.41, 5.74) is -0.605. The summed E-state index contributed by atoms with van der Waals surface area (Å²) in [4.78, 5) is 0. The van der Waals surface area contributed by atoms with E-state index in [0.717, 1.165) is 24.5 Å². The maximum absolute atomic E-state index is 13.2. The van der Waals surface area contributed by atoms with E-state index in [-0.39, 0.29) is 5.92 Å². The van der Waals surface area contributed by atoms with Crippen LogP contribution in [0.15, 0.2) is 18.2 Å². The second-order valence-electron chi connectivity index (χ2n) is 7.84. The van der Waals surface area contributed by atoms with E-state index < -0.39 is 30.1 Å². The molecule has 1 unspecified atom stereocenters. The Balaban J connectivity index is 2.02. The van der Waals surface area contributed by atoms with Crippen molar-refractivity contribution in [2.24, 2.45) is 0 Å². The summed E-state index contributed by atoms with van der Waals surface area (Å²) in [5.74, 6) is 0.0602. The lowest BCUT2D eigenvalue weighted by Gasteiger charge is -2.32. The Morgan fingerprint density at radius 2 is 1.72 bits per heavy atom. The van der Waals surface area contributed by atoms with Gasteiger partial charge in [-0.3, -0.25) is 0 Å². The zero-order chi connectivity index (χ0) is 18.5. The van der Waals surface area contributed by atoms with Crippen molar-refractivity contribution >= 4 is 12.6 Å². The molecule has 2 fully saturated rings. The number of hydrogen-bond acceptors (Lipinski definition) is 3. The quantitative estimate of drug-likeness (QED) is 0.753. The molecule has 3 nitrogen and oxygen atoms in total. The molecule has 0 amide bonds. The van der Waals surface area contributed by atoms with Gasteiger partial charge in [-0.25, -0.2) is 0 Å². The van der Waals surface area contributed by atoms with E-state index in [1.54, 1.807) is 6.07 Å². The molecular weight excluding hydrogens is 332 g/mol. The van der Waals surface area contributed by atoms with Crippen LogP contribution in [0.2, 0.25) is 0 Å². The van der Waals surface area contributed by atoms with Crippen LogP contribution in [0, 0.1) is 0 Å². The maximum atomic E-state index is 13.2. The Kier molecular flexibility index (Phi) is 4.71. The number of hydrogen-bond donors (Lipinski definition) is 0. The van der Waals surface area contributed by atoms with Gasteiger partial charge >= 0.3 is 13.3 Å². The molecule has 3 rings (SSSR count). The van der Waals surface area contributed by atoms with Crippen LogP contribution in [-0.4, -0.2) is 31.5 Å². The molecule has 2 heterocycles. The van der Waals surface area contributed by atoms with Gasteiger partial charge in [0, 0.05) is 12.5 Å². The van der Waals surface area contributed by atoms with Crippen LogP contribution >= 0.6 is 0 Å². The third-order valence-corrected chi connectivity index (χ3v) is 5.52. The molecule has 0 radical (unpaired) electrons. The molecule has 1 aromatic rings. The first-order valence-corrected chi connectivity index (χ1v) is 8.66. The summed E-state index contributed by atoms with van der Waals surface area (Å²) >= 11 is 0. The Morgan fingerprint density at radius 3 is 2.24 bits per heavy atom. The maximum Gasteiger partial charge on any atom is 0.495 e. The summed E-state index contributed by atoms with van der Waals surface area (Å²) in [6, 6.07) is 3.87. The summed E-state index contributed by atoms with van der Waals surface area (Å²) in [7, 11) is -0.816. The summed E-state index contributed by atoms with van der Waals surface area (Å²) in [5, 5.41) is 0. The second kappa shape index (κ2) is 6.29. The molecule has 0 saturated carbocycles. The van der Waals surface area contributed by atoms with Crippen molar-refractivity contribution < 1.29 is 27.2 Å². The molecule has 2 saturated heterocycles. The van der Waals surface area contributed by atoms with Gasteiger partial charge in [0.25, 0.3) is 0 Å². The molecule has 0 spiro atoms. The molecule has 0 aromatic heterocycles. The Bertz CT molecular complexity index is 621. The highest BCUT2D eigenvalue weighted by atomic mass is 19.4. The third-order valence-electron chi connectivity index (χ3n) is 5.52. The van der Waals surface area contributed by atoms with Gasteiger partial charge in [-0.2, -0.15) is 13.2 Å². The van der Waals surface area contributed by atoms with Gasteiger partial charge in [-0.05, 0) is 63.7 Å². The standard InChI is InChI=1S/C18H24BF3O3/c1-16(2)17(3,4)25-19(24-16)15-10-13(18(20,21)22)7-8-14(15)12-6-5-9-23-11-12/h7-8,10,12H,5-6,9,11H2,1-4H3. The van der Waals surface area contributed by atoms with Crippen molar-refractivity contribution in [2.75, 3.05) is 13.2 Å². The number of alkyl halides is 3. The van der Waals surface area contributed by atoms with Crippen molar-refractivity contribution in [1.82, 2.24) is 0 Å². The van der Waals surface area contributed by atoms with E-state index in [1.165, 1.54) is 6.07 Å². The predicted octanol–water partition coefficient (Wildman–Crippen LogP) is 3.90. The minimum Gasteiger partial charge on any atom is -0.399 e. The monoisotopic (exact) mass is 356 g/mol. The number of rotatable bonds is 2. The predicted molar refractivity (Wildman–Crippen MR) is 90.0 cm³/mol. The highest BCUT2D eigenvalue weighted by Gasteiger charge is 2.52. The number of halogens is 3. The lowest BCUT2D eigenvalue weighted by Crippen LogP contribution is -2.41. The van der Waals surface area contributed by atoms with Crippen LogP contribution in [0.4, 0.5) is 13.2 Å². The molecule has 2 aliphatic rings. The molecule has 138 valence electrons. The van der Waals surface area contributed by atoms with E-state index in [0.29, 0.717) is 18.7 Å². The Labute approximate surface area is 147 Å². The topological polar surface area (TPSA) is 27.7 Å². The van der Waals surface area contributed by atoms with E-state index in [1.807, 2.05) is 27.7 Å². The van der Waals surface area contributed by atoms with Crippen molar-refractivity contribution in [3.05, 3.63) is 29.3 Å². The first-order chi connectivity index (χ1) is 11.5. The van der Waals surface area contributed by atoms with Crippen LogP contribution in [0.1, 0.15) is 57.6 Å². The van der Waals surface area contributed by atoms with Gasteiger partial charge < -0.3 is 14.0 Å². The molecule has 25 heavy (non-hydrogen) atoms. The van der Waals surface area contributed by atoms with Crippen LogP contribution < -0.4 is 5.46 Å². The smallest absolute Gasteiger partial charge is 0.399 e. The molecule has 1 atom stereocenters. The van der Waals surface area contributed by atoms with Gasteiger partial charge in [0.1, 0.15) is 0 Å². The van der Waals surface area contributed by atoms with Crippen LogP contribution in [0.25, 0.3) is 0 Å². The van der Waals surface area contributed by atoms with Crippen molar-refractivity contribution in [2.45, 2.75) is 63.8 Å². The van der Waals surface area contributed by atoms with E-state index in [4.69, 9.17) is 14.0 Å². The largest absolute Gasteiger partial charge is 0.495 e. The number of ether oxygens (including phenoxy) is 1. The summed E-state index contributed by atoms with van der Waals surface area (Å²) in [6.45, 7) is 8.78. The molecule has 1 aromatic carbocycles. The Hall–Kier alpha value is -1.05. The molecule has 7 heteroatoms. The fourth-order valence-corrected chi connectivity index (χ4v) is 3.28. The average Bonchev–Trinajstić information content (AvgIpc) is 2.75. The minimum atomic E-state index is -4.40. The highest BCUT2D eigenvalue weighted by Crippen LogP contribution is 2.38. The van der Waals surface area contributed by atoms with E-state index in [9.17, 15) is 13.2 Å². The lowest BCUT2D eigenvalue weighted by atomic mass is 9.71. The minimum absolute atomic E-state index is 0.0602. The Morgan fingerprint density at radius 1 is 1.08 bits per heavy atom. The zero-order valence-electron chi connectivity index (χ0n) is 15.1. The van der Waals surface area contributed by atoms with Crippen molar-refractivity contribution in [1.29, 1.82) is 0 Å². The fourth-order valence-electron chi connectivity index (χ4n) is 3.28. The first kappa shape index (κ1) is 18.7. The molecule has 0 bridgehead atoms. The van der Waals surface area contributed by atoms with Gasteiger partial charge in [0.05, 0.1) is 23.4 Å². The van der Waals surface area contributed by atoms with Crippen LogP contribution in [0.3, 0.4) is 0 Å². The first-order valence-electron chi connectivity index (χ1n) is 8.66. The van der Waals surface area contributed by atoms with Crippen molar-refractivity contribution in [3.8, 4) is 0 Å². The number of benzene rings is 1.